The summed E-state index contributed by atoms with van der Waals surface area (Å²) in [5.41, 5.74) is 8.70. The minimum absolute atomic E-state index is 0.208. The summed E-state index contributed by atoms with van der Waals surface area (Å²) >= 11 is 0. The normalized spacial score (nSPS) is 15.9. The molecule has 0 spiro atoms. The molecule has 0 atom stereocenters. The van der Waals surface area contributed by atoms with Gasteiger partial charge in [0.2, 0.25) is 0 Å². The molecule has 1 heterocycles. The summed E-state index contributed by atoms with van der Waals surface area (Å²) in [6, 6.07) is 12.4. The zero-order chi connectivity index (χ0) is 16.4. The molecule has 0 amide bonds. The van der Waals surface area contributed by atoms with Gasteiger partial charge in [0.25, 0.3) is 0 Å². The Kier molecular flexibility index (Phi) is 4.16. The minimum Gasteiger partial charge on any atom is -0.483 e. The van der Waals surface area contributed by atoms with Crippen LogP contribution >= 0.6 is 0 Å². The molecular formula is C19H23FN2O. The van der Waals surface area contributed by atoms with Crippen LogP contribution in [-0.4, -0.2) is 12.1 Å². The SMILES string of the molecule is CCC1(CC)CN(Cc2ccc(F)cc2)c2c(N)cccc2O1. The number of hydrogen-bond acceptors (Lipinski definition) is 3. The van der Waals surface area contributed by atoms with Crippen molar-refractivity contribution in [3.05, 3.63) is 53.8 Å². The molecule has 0 bridgehead atoms. The van der Waals surface area contributed by atoms with Gasteiger partial charge in [-0.2, -0.15) is 0 Å². The Hall–Kier alpha value is -2.23. The van der Waals surface area contributed by atoms with Crippen molar-refractivity contribution in [1.29, 1.82) is 0 Å². The van der Waals surface area contributed by atoms with Crippen LogP contribution in [0.15, 0.2) is 42.5 Å². The zero-order valence-corrected chi connectivity index (χ0v) is 13.7. The topological polar surface area (TPSA) is 38.5 Å². The predicted molar refractivity (Wildman–Crippen MR) is 92.2 cm³/mol. The van der Waals surface area contributed by atoms with E-state index in [0.717, 1.165) is 36.4 Å². The van der Waals surface area contributed by atoms with Gasteiger partial charge in [0.15, 0.2) is 0 Å². The van der Waals surface area contributed by atoms with Crippen molar-refractivity contribution < 1.29 is 9.13 Å². The van der Waals surface area contributed by atoms with Crippen molar-refractivity contribution in [3.8, 4) is 5.75 Å². The summed E-state index contributed by atoms with van der Waals surface area (Å²) in [7, 11) is 0. The van der Waals surface area contributed by atoms with E-state index in [4.69, 9.17) is 10.5 Å². The van der Waals surface area contributed by atoms with Gasteiger partial charge in [0, 0.05) is 6.54 Å². The van der Waals surface area contributed by atoms with Gasteiger partial charge in [-0.3, -0.25) is 0 Å². The van der Waals surface area contributed by atoms with Gasteiger partial charge < -0.3 is 15.4 Å². The number of benzene rings is 2. The van der Waals surface area contributed by atoms with Crippen LogP contribution in [0, 0.1) is 5.82 Å². The Bertz CT molecular complexity index is 680. The van der Waals surface area contributed by atoms with Gasteiger partial charge in [-0.05, 0) is 42.7 Å². The number of hydrogen-bond donors (Lipinski definition) is 1. The van der Waals surface area contributed by atoms with Gasteiger partial charge in [0.1, 0.15) is 22.9 Å². The molecule has 0 radical (unpaired) electrons. The number of ether oxygens (including phenoxy) is 1. The molecule has 2 N–H and O–H groups in total. The molecule has 2 aromatic rings. The monoisotopic (exact) mass is 314 g/mol. The predicted octanol–water partition coefficient (Wildman–Crippen LogP) is 4.37. The lowest BCUT2D eigenvalue weighted by Gasteiger charge is -2.44. The van der Waals surface area contributed by atoms with Crippen molar-refractivity contribution in [2.75, 3.05) is 17.2 Å². The third kappa shape index (κ3) is 2.98. The third-order valence-electron chi connectivity index (χ3n) is 4.73. The minimum atomic E-state index is -0.216. The number of para-hydroxylation sites is 1. The highest BCUT2D eigenvalue weighted by Gasteiger charge is 2.37. The highest BCUT2D eigenvalue weighted by molar-refractivity contribution is 5.76. The Morgan fingerprint density at radius 1 is 1.13 bits per heavy atom. The van der Waals surface area contributed by atoms with E-state index in [1.54, 1.807) is 0 Å². The summed E-state index contributed by atoms with van der Waals surface area (Å²) in [5, 5.41) is 0. The van der Waals surface area contributed by atoms with Crippen LogP contribution < -0.4 is 15.4 Å². The van der Waals surface area contributed by atoms with Crippen LogP contribution in [0.1, 0.15) is 32.3 Å². The van der Waals surface area contributed by atoms with Crippen molar-refractivity contribution >= 4 is 11.4 Å². The molecule has 3 nitrogen and oxygen atoms in total. The zero-order valence-electron chi connectivity index (χ0n) is 13.7. The Labute approximate surface area is 136 Å². The van der Waals surface area contributed by atoms with E-state index in [2.05, 4.69) is 18.7 Å². The number of nitrogen functional groups attached to an aromatic ring is 1. The average Bonchev–Trinajstić information content (AvgIpc) is 2.56. The maximum Gasteiger partial charge on any atom is 0.145 e. The first kappa shape index (κ1) is 15.7. The number of halogens is 1. The largest absolute Gasteiger partial charge is 0.483 e. The molecule has 23 heavy (non-hydrogen) atoms. The van der Waals surface area contributed by atoms with Crippen LogP contribution in [0.25, 0.3) is 0 Å². The number of nitrogens with two attached hydrogens (primary N) is 1. The fourth-order valence-corrected chi connectivity index (χ4v) is 3.22. The lowest BCUT2D eigenvalue weighted by Crippen LogP contribution is -2.50. The van der Waals surface area contributed by atoms with Crippen molar-refractivity contribution in [3.63, 3.8) is 0 Å². The lowest BCUT2D eigenvalue weighted by molar-refractivity contribution is 0.0572. The fraction of sp³-hybridized carbons (Fsp3) is 0.368. The molecule has 0 fully saturated rings. The van der Waals surface area contributed by atoms with Gasteiger partial charge >= 0.3 is 0 Å². The molecule has 1 aliphatic rings. The van der Waals surface area contributed by atoms with Gasteiger partial charge in [-0.25, -0.2) is 4.39 Å². The molecule has 0 saturated heterocycles. The van der Waals surface area contributed by atoms with E-state index in [0.29, 0.717) is 12.2 Å². The van der Waals surface area contributed by atoms with Gasteiger partial charge in [-0.15, -0.1) is 0 Å². The molecule has 0 saturated carbocycles. The van der Waals surface area contributed by atoms with Crippen molar-refractivity contribution in [1.82, 2.24) is 0 Å². The number of anilines is 2. The molecule has 0 unspecified atom stereocenters. The second-order valence-electron chi connectivity index (χ2n) is 6.17. The molecule has 0 aliphatic carbocycles. The van der Waals surface area contributed by atoms with Gasteiger partial charge in [-0.1, -0.05) is 32.0 Å². The Morgan fingerprint density at radius 2 is 1.83 bits per heavy atom. The van der Waals surface area contributed by atoms with Crippen LogP contribution in [-0.2, 0) is 6.54 Å². The van der Waals surface area contributed by atoms with E-state index in [9.17, 15) is 4.39 Å². The van der Waals surface area contributed by atoms with E-state index < -0.39 is 0 Å². The van der Waals surface area contributed by atoms with E-state index in [-0.39, 0.29) is 11.4 Å². The number of rotatable bonds is 4. The van der Waals surface area contributed by atoms with Gasteiger partial charge in [0.05, 0.1) is 12.2 Å². The van der Waals surface area contributed by atoms with Crippen LogP contribution in [0.3, 0.4) is 0 Å². The maximum atomic E-state index is 13.1. The lowest BCUT2D eigenvalue weighted by atomic mass is 9.93. The summed E-state index contributed by atoms with van der Waals surface area (Å²) < 4.78 is 19.5. The second-order valence-corrected chi connectivity index (χ2v) is 6.17. The summed E-state index contributed by atoms with van der Waals surface area (Å²) in [6.45, 7) is 5.76. The Morgan fingerprint density at radius 3 is 2.48 bits per heavy atom. The standard InChI is InChI=1S/C19H23FN2O/c1-3-19(4-2)13-22(12-14-8-10-15(20)11-9-14)18-16(21)6-5-7-17(18)23-19/h5-11H,3-4,12-13,21H2,1-2H3. The smallest absolute Gasteiger partial charge is 0.145 e. The average molecular weight is 314 g/mol. The molecule has 3 rings (SSSR count). The highest BCUT2D eigenvalue weighted by Crippen LogP contribution is 2.43. The molecular weight excluding hydrogens is 291 g/mol. The van der Waals surface area contributed by atoms with Crippen LogP contribution in [0.5, 0.6) is 5.75 Å². The van der Waals surface area contributed by atoms with E-state index in [1.165, 1.54) is 12.1 Å². The molecule has 2 aromatic carbocycles. The summed E-state index contributed by atoms with van der Waals surface area (Å²) in [5.74, 6) is 0.620. The molecule has 1 aliphatic heterocycles. The van der Waals surface area contributed by atoms with Crippen LogP contribution in [0.2, 0.25) is 0 Å². The van der Waals surface area contributed by atoms with E-state index >= 15 is 0 Å². The van der Waals surface area contributed by atoms with Crippen LogP contribution in [0.4, 0.5) is 15.8 Å². The molecule has 4 heteroatoms. The van der Waals surface area contributed by atoms with Crippen molar-refractivity contribution in [2.45, 2.75) is 38.8 Å². The first-order valence-electron chi connectivity index (χ1n) is 8.14. The molecule has 122 valence electrons. The first-order valence-corrected chi connectivity index (χ1v) is 8.14. The maximum absolute atomic E-state index is 13.1. The quantitative estimate of drug-likeness (QED) is 0.852. The Balaban J connectivity index is 1.98. The van der Waals surface area contributed by atoms with E-state index in [1.807, 2.05) is 30.3 Å². The third-order valence-corrected chi connectivity index (χ3v) is 4.73. The first-order chi connectivity index (χ1) is 11.1. The number of fused-ring (bicyclic) bond motifs is 1. The fourth-order valence-electron chi connectivity index (χ4n) is 3.22. The number of nitrogens with zero attached hydrogens (tertiary/aromatic N) is 1. The highest BCUT2D eigenvalue weighted by atomic mass is 19.1. The second kappa shape index (κ2) is 6.11. The summed E-state index contributed by atoms with van der Waals surface area (Å²) in [6.07, 6.45) is 1.86. The molecule has 0 aromatic heterocycles. The summed E-state index contributed by atoms with van der Waals surface area (Å²) in [4.78, 5) is 2.26. The van der Waals surface area contributed by atoms with Crippen molar-refractivity contribution in [2.24, 2.45) is 0 Å².